The lowest BCUT2D eigenvalue weighted by Gasteiger charge is -2.14. The second-order valence-corrected chi connectivity index (χ2v) is 15.1. The molecule has 0 bridgehead atoms. The largest absolute Gasteiger partial charge is 0.463 e. The zero-order valence-corrected chi connectivity index (χ0v) is 36.8. The summed E-state index contributed by atoms with van der Waals surface area (Å²) in [5.41, 5.74) is 4.81. The van der Waals surface area contributed by atoms with Crippen LogP contribution in [0.2, 0.25) is 0 Å². The molecule has 2 aromatic carbocycles. The fraction of sp³-hybridized carbons (Fsp3) is 0.708. The molecule has 0 aromatic heterocycles. The number of unbranched alkanes of at least 4 members (excludes halogenated alkanes) is 12. The number of benzene rings is 2. The van der Waals surface area contributed by atoms with Gasteiger partial charge in [-0.25, -0.2) is 4.79 Å². The van der Waals surface area contributed by atoms with Crippen molar-refractivity contribution >= 4 is 12.1 Å². The predicted octanol–water partition coefficient (Wildman–Crippen LogP) is 9.06. The number of carbonyl (C=O) groups is 2. The summed E-state index contributed by atoms with van der Waals surface area (Å²) in [5, 5.41) is 2.81. The van der Waals surface area contributed by atoms with E-state index in [1.54, 1.807) is 0 Å². The van der Waals surface area contributed by atoms with Crippen molar-refractivity contribution in [1.29, 1.82) is 0 Å². The monoisotopic (exact) mass is 844 g/mol. The minimum absolute atomic E-state index is 0.0487. The number of hydrogen-bond donors (Lipinski definition) is 1. The van der Waals surface area contributed by atoms with Crippen LogP contribution < -0.4 is 5.32 Å². The van der Waals surface area contributed by atoms with Crippen LogP contribution >= 0.6 is 0 Å². The highest BCUT2D eigenvalue weighted by molar-refractivity contribution is 5.79. The highest BCUT2D eigenvalue weighted by Gasteiger charge is 2.29. The van der Waals surface area contributed by atoms with Crippen LogP contribution in [0.3, 0.4) is 0 Å². The Labute approximate surface area is 361 Å². The molecule has 12 nitrogen and oxygen atoms in total. The molecular formula is C48H77NO11. The third-order valence-electron chi connectivity index (χ3n) is 10.3. The number of ether oxygens (including phenoxy) is 9. The third-order valence-corrected chi connectivity index (χ3v) is 10.3. The molecule has 0 fully saturated rings. The zero-order chi connectivity index (χ0) is 42.4. The van der Waals surface area contributed by atoms with Gasteiger partial charge in [0.15, 0.2) is 0 Å². The number of esters is 1. The third kappa shape index (κ3) is 25.0. The Morgan fingerprint density at radius 2 is 0.833 bits per heavy atom. The highest BCUT2D eigenvalue weighted by atomic mass is 16.6. The Bertz CT molecular complexity index is 1300. The maximum atomic E-state index is 12.3. The summed E-state index contributed by atoms with van der Waals surface area (Å²) < 4.78 is 49.5. The van der Waals surface area contributed by atoms with Crippen LogP contribution in [0.15, 0.2) is 48.5 Å². The van der Waals surface area contributed by atoms with Gasteiger partial charge >= 0.3 is 12.1 Å². The summed E-state index contributed by atoms with van der Waals surface area (Å²) in [5.74, 6) is -0.0865. The van der Waals surface area contributed by atoms with E-state index in [2.05, 4.69) is 36.5 Å². The smallest absolute Gasteiger partial charge is 0.407 e. The lowest BCUT2D eigenvalue weighted by molar-refractivity contribution is -0.145. The summed E-state index contributed by atoms with van der Waals surface area (Å²) in [4.78, 5) is 24.2. The van der Waals surface area contributed by atoms with E-state index in [9.17, 15) is 9.59 Å². The summed E-state index contributed by atoms with van der Waals surface area (Å²) in [6.45, 7) is 9.96. The summed E-state index contributed by atoms with van der Waals surface area (Å²) >= 11 is 0. The van der Waals surface area contributed by atoms with Gasteiger partial charge in [-0.15, -0.1) is 0 Å². The number of carbonyl (C=O) groups excluding carboxylic acids is 2. The molecule has 1 aliphatic rings. The maximum absolute atomic E-state index is 12.3. The lowest BCUT2D eigenvalue weighted by atomic mass is 9.98. The van der Waals surface area contributed by atoms with E-state index in [0.717, 1.165) is 12.8 Å². The molecule has 1 aliphatic carbocycles. The Kier molecular flexibility index (Phi) is 31.2. The van der Waals surface area contributed by atoms with Crippen molar-refractivity contribution in [2.24, 2.45) is 0 Å². The minimum Gasteiger partial charge on any atom is -0.463 e. The van der Waals surface area contributed by atoms with Gasteiger partial charge in [0, 0.05) is 25.5 Å². The van der Waals surface area contributed by atoms with Gasteiger partial charge in [0.1, 0.15) is 13.2 Å². The number of hydrogen-bond acceptors (Lipinski definition) is 11. The summed E-state index contributed by atoms with van der Waals surface area (Å²) in [7, 11) is 0. The van der Waals surface area contributed by atoms with Crippen LogP contribution in [-0.4, -0.2) is 124 Å². The van der Waals surface area contributed by atoms with E-state index in [4.69, 9.17) is 42.6 Å². The van der Waals surface area contributed by atoms with Crippen LogP contribution in [0, 0.1) is 0 Å². The molecule has 0 spiro atoms. The molecule has 0 saturated carbocycles. The van der Waals surface area contributed by atoms with Crippen molar-refractivity contribution in [3.8, 4) is 11.1 Å². The van der Waals surface area contributed by atoms with E-state index >= 15 is 0 Å². The van der Waals surface area contributed by atoms with Gasteiger partial charge in [-0.05, 0) is 35.1 Å². The quantitative estimate of drug-likeness (QED) is 0.0509. The number of amides is 1. The standard InChI is InChI=1S/C48H77NO11/c1-2-3-4-5-6-7-8-9-10-11-12-13-14-24-47(50)59-40-39-58-38-37-57-36-35-56-34-33-55-32-31-54-30-29-53-28-27-52-26-19-25-49-48(51)60-41-46-44-22-17-15-20-42(44)43-21-16-18-23-45(43)46/h15-18,20-23,46H,2-14,19,24-41H2,1H3,(H,49,51). The van der Waals surface area contributed by atoms with E-state index in [0.29, 0.717) is 118 Å². The van der Waals surface area contributed by atoms with Gasteiger partial charge in [-0.1, -0.05) is 133 Å². The first-order chi connectivity index (χ1) is 29.7. The number of nitrogens with one attached hydrogen (secondary N) is 1. The van der Waals surface area contributed by atoms with E-state index < -0.39 is 6.09 Å². The van der Waals surface area contributed by atoms with Gasteiger partial charge in [0.2, 0.25) is 0 Å². The van der Waals surface area contributed by atoms with Crippen molar-refractivity contribution in [2.45, 2.75) is 109 Å². The Morgan fingerprint density at radius 3 is 1.28 bits per heavy atom. The molecule has 0 heterocycles. The topological polar surface area (TPSA) is 129 Å². The predicted molar refractivity (Wildman–Crippen MR) is 235 cm³/mol. The molecule has 0 radical (unpaired) electrons. The Hall–Kier alpha value is -3.10. The number of fused-ring (bicyclic) bond motifs is 3. The SMILES string of the molecule is CCCCCCCCCCCCCCCC(=O)OCCOCCOCCOCCOCCOCCOCCOCCCNC(=O)OCC1c2ccccc2-c2ccccc21. The molecule has 3 rings (SSSR count). The molecule has 1 amide bonds. The van der Waals surface area contributed by atoms with Crippen LogP contribution in [0.25, 0.3) is 11.1 Å². The van der Waals surface area contributed by atoms with Crippen LogP contribution in [0.4, 0.5) is 4.79 Å². The second-order valence-electron chi connectivity index (χ2n) is 15.1. The fourth-order valence-corrected chi connectivity index (χ4v) is 7.01. The number of rotatable bonds is 41. The van der Waals surface area contributed by atoms with Gasteiger partial charge < -0.3 is 47.9 Å². The molecule has 12 heteroatoms. The summed E-state index contributed by atoms with van der Waals surface area (Å²) in [6.07, 6.45) is 17.5. The molecule has 340 valence electrons. The molecule has 0 unspecified atom stereocenters. The highest BCUT2D eigenvalue weighted by Crippen LogP contribution is 2.44. The first-order valence-electron chi connectivity index (χ1n) is 23.0. The first kappa shape index (κ1) is 51.3. The maximum Gasteiger partial charge on any atom is 0.407 e. The molecule has 0 atom stereocenters. The summed E-state index contributed by atoms with van der Waals surface area (Å²) in [6, 6.07) is 16.6. The second kappa shape index (κ2) is 36.5. The fourth-order valence-electron chi connectivity index (χ4n) is 7.01. The van der Waals surface area contributed by atoms with Crippen molar-refractivity contribution in [3.05, 3.63) is 59.7 Å². The lowest BCUT2D eigenvalue weighted by Crippen LogP contribution is -2.27. The average Bonchev–Trinajstić information content (AvgIpc) is 3.59. The van der Waals surface area contributed by atoms with Crippen molar-refractivity contribution in [1.82, 2.24) is 5.32 Å². The molecular weight excluding hydrogens is 767 g/mol. The molecule has 1 N–H and O–H groups in total. The van der Waals surface area contributed by atoms with Crippen molar-refractivity contribution in [3.63, 3.8) is 0 Å². The number of alkyl carbamates (subject to hydrolysis) is 1. The Morgan fingerprint density at radius 1 is 0.450 bits per heavy atom. The van der Waals surface area contributed by atoms with E-state index in [1.165, 1.54) is 92.9 Å². The van der Waals surface area contributed by atoms with Crippen LogP contribution in [0.1, 0.15) is 120 Å². The Balaban J connectivity index is 0.937. The van der Waals surface area contributed by atoms with Gasteiger partial charge in [0.25, 0.3) is 0 Å². The molecule has 0 saturated heterocycles. The normalized spacial score (nSPS) is 12.1. The first-order valence-corrected chi connectivity index (χ1v) is 23.0. The van der Waals surface area contributed by atoms with Crippen LogP contribution in [-0.2, 0) is 47.4 Å². The molecule has 60 heavy (non-hydrogen) atoms. The van der Waals surface area contributed by atoms with Crippen molar-refractivity contribution < 1.29 is 52.2 Å². The van der Waals surface area contributed by atoms with Crippen LogP contribution in [0.5, 0.6) is 0 Å². The van der Waals surface area contributed by atoms with Gasteiger partial charge in [-0.3, -0.25) is 4.79 Å². The zero-order valence-electron chi connectivity index (χ0n) is 36.8. The minimum atomic E-state index is -0.415. The van der Waals surface area contributed by atoms with E-state index in [-0.39, 0.29) is 18.5 Å². The van der Waals surface area contributed by atoms with Crippen molar-refractivity contribution in [2.75, 3.05) is 112 Å². The molecule has 0 aliphatic heterocycles. The molecule has 2 aromatic rings. The van der Waals surface area contributed by atoms with Gasteiger partial charge in [-0.2, -0.15) is 0 Å². The average molecular weight is 844 g/mol. The van der Waals surface area contributed by atoms with Gasteiger partial charge in [0.05, 0.1) is 85.9 Å². The van der Waals surface area contributed by atoms with E-state index in [1.807, 2.05) is 24.3 Å².